The van der Waals surface area contributed by atoms with Crippen LogP contribution in [0.4, 0.5) is 0 Å². The van der Waals surface area contributed by atoms with E-state index in [2.05, 4.69) is 4.90 Å². The SMILES string of the molecule is NC1(C(C2CCCC2)N2CCCCC2)CC1. The van der Waals surface area contributed by atoms with Crippen LogP contribution < -0.4 is 5.73 Å². The number of nitrogens with zero attached hydrogens (tertiary/aromatic N) is 1. The molecule has 0 spiro atoms. The minimum atomic E-state index is 0.215. The highest BCUT2D eigenvalue weighted by molar-refractivity contribution is 5.11. The molecular weight excluding hydrogens is 196 g/mol. The lowest BCUT2D eigenvalue weighted by Gasteiger charge is -2.41. The maximum Gasteiger partial charge on any atom is 0.0316 e. The number of hydrogen-bond donors (Lipinski definition) is 1. The number of piperidine rings is 1. The molecule has 2 nitrogen and oxygen atoms in total. The monoisotopic (exact) mass is 222 g/mol. The van der Waals surface area contributed by atoms with E-state index in [0.717, 1.165) is 12.0 Å². The Kier molecular flexibility index (Phi) is 2.97. The van der Waals surface area contributed by atoms with Crippen LogP contribution in [0.15, 0.2) is 0 Å². The van der Waals surface area contributed by atoms with E-state index in [4.69, 9.17) is 5.73 Å². The van der Waals surface area contributed by atoms with Crippen molar-refractivity contribution in [2.45, 2.75) is 69.4 Å². The standard InChI is InChI=1S/C14H26N2/c15-14(8-9-14)13(12-6-2-3-7-12)16-10-4-1-5-11-16/h12-13H,1-11,15H2. The van der Waals surface area contributed by atoms with Gasteiger partial charge in [-0.3, -0.25) is 4.90 Å². The molecule has 2 N–H and O–H groups in total. The van der Waals surface area contributed by atoms with Crippen molar-refractivity contribution in [2.75, 3.05) is 13.1 Å². The van der Waals surface area contributed by atoms with E-state index >= 15 is 0 Å². The van der Waals surface area contributed by atoms with Crippen LogP contribution >= 0.6 is 0 Å². The van der Waals surface area contributed by atoms with Gasteiger partial charge < -0.3 is 5.73 Å². The fourth-order valence-electron chi connectivity index (χ4n) is 4.04. The van der Waals surface area contributed by atoms with Gasteiger partial charge in [0.05, 0.1) is 0 Å². The van der Waals surface area contributed by atoms with Crippen LogP contribution in [0.2, 0.25) is 0 Å². The molecule has 2 aliphatic carbocycles. The quantitative estimate of drug-likeness (QED) is 0.795. The zero-order chi connectivity index (χ0) is 11.0. The van der Waals surface area contributed by atoms with Gasteiger partial charge in [-0.1, -0.05) is 19.3 Å². The smallest absolute Gasteiger partial charge is 0.0316 e. The maximum atomic E-state index is 6.56. The van der Waals surface area contributed by atoms with Gasteiger partial charge in [0.15, 0.2) is 0 Å². The van der Waals surface area contributed by atoms with Crippen LogP contribution in [0, 0.1) is 5.92 Å². The van der Waals surface area contributed by atoms with Gasteiger partial charge in [0.25, 0.3) is 0 Å². The van der Waals surface area contributed by atoms with Crippen LogP contribution in [-0.2, 0) is 0 Å². The second-order valence-corrected chi connectivity index (χ2v) is 6.32. The van der Waals surface area contributed by atoms with Crippen molar-refractivity contribution in [3.63, 3.8) is 0 Å². The molecule has 1 saturated heterocycles. The zero-order valence-electron chi connectivity index (χ0n) is 10.5. The third-order valence-electron chi connectivity index (χ3n) is 5.05. The Morgan fingerprint density at radius 2 is 1.56 bits per heavy atom. The Labute approximate surface area is 99.6 Å². The molecule has 2 heteroatoms. The minimum Gasteiger partial charge on any atom is -0.324 e. The second kappa shape index (κ2) is 4.30. The van der Waals surface area contributed by atoms with Gasteiger partial charge in [-0.05, 0) is 57.5 Å². The summed E-state index contributed by atoms with van der Waals surface area (Å²) in [6.07, 6.45) is 12.6. The van der Waals surface area contributed by atoms with E-state index in [1.54, 1.807) is 0 Å². The number of likely N-dealkylation sites (tertiary alicyclic amines) is 1. The van der Waals surface area contributed by atoms with Crippen molar-refractivity contribution in [3.8, 4) is 0 Å². The number of hydrogen-bond acceptors (Lipinski definition) is 2. The van der Waals surface area contributed by atoms with Crippen molar-refractivity contribution in [2.24, 2.45) is 11.7 Å². The maximum absolute atomic E-state index is 6.56. The third kappa shape index (κ3) is 2.02. The predicted molar refractivity (Wildman–Crippen MR) is 67.3 cm³/mol. The van der Waals surface area contributed by atoms with Crippen molar-refractivity contribution >= 4 is 0 Å². The average Bonchev–Trinajstić information content (AvgIpc) is 2.83. The van der Waals surface area contributed by atoms with Gasteiger partial charge in [-0.15, -0.1) is 0 Å². The fraction of sp³-hybridized carbons (Fsp3) is 1.00. The lowest BCUT2D eigenvalue weighted by atomic mass is 9.87. The predicted octanol–water partition coefficient (Wildman–Crippen LogP) is 2.52. The molecule has 0 radical (unpaired) electrons. The molecule has 1 atom stereocenters. The number of rotatable bonds is 3. The first-order valence-corrected chi connectivity index (χ1v) is 7.32. The van der Waals surface area contributed by atoms with Crippen molar-refractivity contribution in [1.82, 2.24) is 4.90 Å². The Balaban J connectivity index is 1.72. The Morgan fingerprint density at radius 1 is 0.938 bits per heavy atom. The average molecular weight is 222 g/mol. The van der Waals surface area contributed by atoms with Gasteiger partial charge in [0.1, 0.15) is 0 Å². The second-order valence-electron chi connectivity index (χ2n) is 6.32. The van der Waals surface area contributed by atoms with Crippen molar-refractivity contribution < 1.29 is 0 Å². The van der Waals surface area contributed by atoms with E-state index in [9.17, 15) is 0 Å². The van der Waals surface area contributed by atoms with Crippen molar-refractivity contribution in [1.29, 1.82) is 0 Å². The number of nitrogens with two attached hydrogens (primary N) is 1. The summed E-state index contributed by atoms with van der Waals surface area (Å²) in [7, 11) is 0. The molecule has 0 bridgehead atoms. The molecule has 0 aromatic carbocycles. The summed E-state index contributed by atoms with van der Waals surface area (Å²) in [6.45, 7) is 2.64. The summed E-state index contributed by atoms with van der Waals surface area (Å²) in [5.74, 6) is 0.922. The van der Waals surface area contributed by atoms with E-state index in [-0.39, 0.29) is 5.54 Å². The van der Waals surface area contributed by atoms with Gasteiger partial charge in [-0.2, -0.15) is 0 Å². The van der Waals surface area contributed by atoms with Crippen LogP contribution in [0.25, 0.3) is 0 Å². The summed E-state index contributed by atoms with van der Waals surface area (Å²) < 4.78 is 0. The van der Waals surface area contributed by atoms with Gasteiger partial charge in [0, 0.05) is 11.6 Å². The highest BCUT2D eigenvalue weighted by atomic mass is 15.2. The molecule has 2 saturated carbocycles. The first-order chi connectivity index (χ1) is 7.80. The summed E-state index contributed by atoms with van der Waals surface area (Å²) in [5, 5.41) is 0. The molecule has 0 aromatic rings. The van der Waals surface area contributed by atoms with Gasteiger partial charge in [0.2, 0.25) is 0 Å². The third-order valence-corrected chi connectivity index (χ3v) is 5.05. The fourth-order valence-corrected chi connectivity index (χ4v) is 4.04. The van der Waals surface area contributed by atoms with Crippen LogP contribution in [-0.4, -0.2) is 29.6 Å². The molecule has 3 fully saturated rings. The van der Waals surface area contributed by atoms with Gasteiger partial charge >= 0.3 is 0 Å². The summed E-state index contributed by atoms with van der Waals surface area (Å²) >= 11 is 0. The Hall–Kier alpha value is -0.0800. The van der Waals surface area contributed by atoms with E-state index in [0.29, 0.717) is 0 Å². The van der Waals surface area contributed by atoms with Gasteiger partial charge in [-0.25, -0.2) is 0 Å². The molecule has 16 heavy (non-hydrogen) atoms. The molecule has 1 heterocycles. The molecule has 3 rings (SSSR count). The molecule has 92 valence electrons. The zero-order valence-corrected chi connectivity index (χ0v) is 10.5. The molecule has 3 aliphatic rings. The largest absolute Gasteiger partial charge is 0.324 e. The van der Waals surface area contributed by atoms with Crippen molar-refractivity contribution in [3.05, 3.63) is 0 Å². The highest BCUT2D eigenvalue weighted by Crippen LogP contribution is 2.46. The van der Waals surface area contributed by atoms with E-state index in [1.165, 1.54) is 70.9 Å². The molecule has 1 unspecified atom stereocenters. The highest BCUT2D eigenvalue weighted by Gasteiger charge is 2.51. The topological polar surface area (TPSA) is 29.3 Å². The molecular formula is C14H26N2. The lowest BCUT2D eigenvalue weighted by Crippen LogP contribution is -2.54. The summed E-state index contributed by atoms with van der Waals surface area (Å²) in [6, 6.07) is 0.732. The summed E-state index contributed by atoms with van der Waals surface area (Å²) in [5.41, 5.74) is 6.77. The molecule has 0 aromatic heterocycles. The van der Waals surface area contributed by atoms with Crippen LogP contribution in [0.5, 0.6) is 0 Å². The Bertz CT molecular complexity index is 235. The Morgan fingerprint density at radius 3 is 2.12 bits per heavy atom. The first-order valence-electron chi connectivity index (χ1n) is 7.32. The molecule has 1 aliphatic heterocycles. The van der Waals surface area contributed by atoms with Crippen LogP contribution in [0.1, 0.15) is 57.8 Å². The first kappa shape index (κ1) is 11.0. The normalized spacial score (nSPS) is 32.8. The minimum absolute atomic E-state index is 0.215. The van der Waals surface area contributed by atoms with Crippen LogP contribution in [0.3, 0.4) is 0 Å². The summed E-state index contributed by atoms with van der Waals surface area (Å²) in [4.78, 5) is 2.76. The molecule has 0 amide bonds. The van der Waals surface area contributed by atoms with E-state index < -0.39 is 0 Å². The lowest BCUT2D eigenvalue weighted by molar-refractivity contribution is 0.0897. The van der Waals surface area contributed by atoms with E-state index in [1.807, 2.05) is 0 Å².